The third kappa shape index (κ3) is 3.74. The minimum atomic E-state index is -0.263. The van der Waals surface area contributed by atoms with Gasteiger partial charge in [-0.05, 0) is 38.1 Å². The molecule has 1 N–H and O–H groups in total. The van der Waals surface area contributed by atoms with Crippen molar-refractivity contribution >= 4 is 23.3 Å². The van der Waals surface area contributed by atoms with Gasteiger partial charge in [-0.3, -0.25) is 13.8 Å². The Morgan fingerprint density at radius 3 is 2.79 bits per heavy atom. The zero-order chi connectivity index (χ0) is 19.5. The predicted molar refractivity (Wildman–Crippen MR) is 106 cm³/mol. The Morgan fingerprint density at radius 2 is 1.96 bits per heavy atom. The average Bonchev–Trinajstić information content (AvgIpc) is 3.34. The van der Waals surface area contributed by atoms with Crippen LogP contribution in [0.25, 0.3) is 11.3 Å². The number of hydrogen-bond donors (Lipinski definition) is 1. The summed E-state index contributed by atoms with van der Waals surface area (Å²) in [5, 5.41) is 20.0. The van der Waals surface area contributed by atoms with Crippen molar-refractivity contribution < 1.29 is 4.79 Å². The predicted octanol–water partition coefficient (Wildman–Crippen LogP) is 2.59. The molecule has 0 spiro atoms. The first-order chi connectivity index (χ1) is 13.6. The lowest BCUT2D eigenvalue weighted by molar-refractivity contribution is -0.119. The average molecular weight is 393 g/mol. The molecule has 0 fully saturated rings. The lowest BCUT2D eigenvalue weighted by Crippen LogP contribution is -2.29. The van der Waals surface area contributed by atoms with Crippen molar-refractivity contribution in [1.29, 1.82) is 0 Å². The van der Waals surface area contributed by atoms with E-state index in [1.54, 1.807) is 6.33 Å². The molecule has 1 aromatic carbocycles. The van der Waals surface area contributed by atoms with E-state index in [4.69, 9.17) is 0 Å². The largest absolute Gasteiger partial charge is 0.346 e. The van der Waals surface area contributed by atoms with E-state index in [0.29, 0.717) is 11.0 Å². The zero-order valence-electron chi connectivity index (χ0n) is 15.5. The maximum Gasteiger partial charge on any atom is 0.231 e. The SMILES string of the molecule is Cc1ccc(-n2cnnc2SCC(=O)NC(C)c2nnc3ccccn23)cc1. The first kappa shape index (κ1) is 18.2. The van der Waals surface area contributed by atoms with Crippen LogP contribution in [0.5, 0.6) is 0 Å². The number of fused-ring (bicyclic) bond motifs is 1. The van der Waals surface area contributed by atoms with Crippen LogP contribution in [0.4, 0.5) is 0 Å². The summed E-state index contributed by atoms with van der Waals surface area (Å²) in [5.41, 5.74) is 2.89. The van der Waals surface area contributed by atoms with E-state index in [1.165, 1.54) is 17.3 Å². The van der Waals surface area contributed by atoms with Gasteiger partial charge >= 0.3 is 0 Å². The minimum absolute atomic E-state index is 0.108. The number of carbonyl (C=O) groups excluding carboxylic acids is 1. The number of rotatable bonds is 6. The van der Waals surface area contributed by atoms with Gasteiger partial charge < -0.3 is 5.32 Å². The highest BCUT2D eigenvalue weighted by molar-refractivity contribution is 7.99. The third-order valence-corrected chi connectivity index (χ3v) is 5.21. The second-order valence-corrected chi connectivity index (χ2v) is 7.33. The van der Waals surface area contributed by atoms with Gasteiger partial charge in [0.1, 0.15) is 6.33 Å². The van der Waals surface area contributed by atoms with Gasteiger partial charge in [-0.25, -0.2) is 0 Å². The van der Waals surface area contributed by atoms with Gasteiger partial charge in [-0.15, -0.1) is 20.4 Å². The van der Waals surface area contributed by atoms with Crippen LogP contribution in [-0.2, 0) is 4.79 Å². The van der Waals surface area contributed by atoms with Gasteiger partial charge in [-0.2, -0.15) is 0 Å². The van der Waals surface area contributed by atoms with Crippen molar-refractivity contribution in [1.82, 2.24) is 34.7 Å². The standard InChI is InChI=1S/C19H19N7OS/c1-13-6-8-15(9-7-13)26-12-20-24-19(26)28-11-17(27)21-14(2)18-23-22-16-5-3-4-10-25(16)18/h3-10,12,14H,11H2,1-2H3,(H,21,27). The highest BCUT2D eigenvalue weighted by Crippen LogP contribution is 2.20. The molecule has 0 bridgehead atoms. The van der Waals surface area contributed by atoms with E-state index in [2.05, 4.69) is 25.7 Å². The van der Waals surface area contributed by atoms with E-state index >= 15 is 0 Å². The molecule has 4 rings (SSSR count). The maximum absolute atomic E-state index is 12.4. The third-order valence-electron chi connectivity index (χ3n) is 4.27. The number of thioether (sulfide) groups is 1. The van der Waals surface area contributed by atoms with E-state index in [9.17, 15) is 4.79 Å². The summed E-state index contributed by atoms with van der Waals surface area (Å²) in [5.74, 6) is 0.812. The highest BCUT2D eigenvalue weighted by Gasteiger charge is 2.17. The molecule has 3 aromatic heterocycles. The smallest absolute Gasteiger partial charge is 0.231 e. The quantitative estimate of drug-likeness (QED) is 0.507. The second-order valence-electron chi connectivity index (χ2n) is 6.38. The second kappa shape index (κ2) is 7.81. The summed E-state index contributed by atoms with van der Waals surface area (Å²) in [7, 11) is 0. The number of nitrogens with zero attached hydrogens (tertiary/aromatic N) is 6. The molecule has 0 saturated carbocycles. The Morgan fingerprint density at radius 1 is 1.14 bits per heavy atom. The van der Waals surface area contributed by atoms with Crippen LogP contribution in [0.15, 0.2) is 60.1 Å². The van der Waals surface area contributed by atoms with Gasteiger partial charge in [0.2, 0.25) is 5.91 Å². The van der Waals surface area contributed by atoms with E-state index in [0.717, 1.165) is 11.3 Å². The number of hydrogen-bond acceptors (Lipinski definition) is 6. The molecule has 9 heteroatoms. The van der Waals surface area contributed by atoms with Crippen molar-refractivity contribution in [3.8, 4) is 5.69 Å². The van der Waals surface area contributed by atoms with Crippen molar-refractivity contribution in [3.05, 3.63) is 66.4 Å². The van der Waals surface area contributed by atoms with Gasteiger partial charge in [0, 0.05) is 11.9 Å². The van der Waals surface area contributed by atoms with Crippen molar-refractivity contribution in [2.45, 2.75) is 25.0 Å². The van der Waals surface area contributed by atoms with E-state index in [-0.39, 0.29) is 17.7 Å². The summed E-state index contributed by atoms with van der Waals surface area (Å²) in [6.07, 6.45) is 3.53. The first-order valence-corrected chi connectivity index (χ1v) is 9.79. The fraction of sp³-hybridized carbons (Fsp3) is 0.211. The van der Waals surface area contributed by atoms with Crippen molar-refractivity contribution in [2.75, 3.05) is 5.75 Å². The van der Waals surface area contributed by atoms with Gasteiger partial charge in [0.05, 0.1) is 11.8 Å². The van der Waals surface area contributed by atoms with Crippen LogP contribution in [0.3, 0.4) is 0 Å². The fourth-order valence-electron chi connectivity index (χ4n) is 2.84. The number of aromatic nitrogens is 6. The Labute approximate surface area is 166 Å². The maximum atomic E-state index is 12.4. The summed E-state index contributed by atoms with van der Waals surface area (Å²) in [6, 6.07) is 13.5. The van der Waals surface area contributed by atoms with Gasteiger partial charge in [-0.1, -0.05) is 35.5 Å². The number of pyridine rings is 1. The van der Waals surface area contributed by atoms with Crippen LogP contribution in [0, 0.1) is 6.92 Å². The molecule has 28 heavy (non-hydrogen) atoms. The molecule has 8 nitrogen and oxygen atoms in total. The molecule has 0 saturated heterocycles. The molecule has 4 aromatic rings. The number of amides is 1. The molecule has 1 atom stereocenters. The molecule has 1 unspecified atom stereocenters. The Bertz CT molecular complexity index is 1100. The molecule has 0 radical (unpaired) electrons. The topological polar surface area (TPSA) is 90.0 Å². The summed E-state index contributed by atoms with van der Waals surface area (Å²) < 4.78 is 3.74. The van der Waals surface area contributed by atoms with E-state index in [1.807, 2.05) is 71.5 Å². The fourth-order valence-corrected chi connectivity index (χ4v) is 3.58. The lowest BCUT2D eigenvalue weighted by atomic mass is 10.2. The Kier molecular flexibility index (Phi) is 5.07. The van der Waals surface area contributed by atoms with Crippen molar-refractivity contribution in [3.63, 3.8) is 0 Å². The molecule has 1 amide bonds. The monoisotopic (exact) mass is 393 g/mol. The highest BCUT2D eigenvalue weighted by atomic mass is 32.2. The molecule has 0 aliphatic rings. The number of aryl methyl sites for hydroxylation is 1. The number of benzene rings is 1. The van der Waals surface area contributed by atoms with Crippen molar-refractivity contribution in [2.24, 2.45) is 0 Å². The van der Waals surface area contributed by atoms with Gasteiger partial charge in [0.15, 0.2) is 16.6 Å². The van der Waals surface area contributed by atoms with Crippen LogP contribution in [0.1, 0.15) is 24.4 Å². The molecule has 0 aliphatic heterocycles. The molecular formula is C19H19N7OS. The first-order valence-electron chi connectivity index (χ1n) is 8.81. The van der Waals surface area contributed by atoms with Crippen LogP contribution < -0.4 is 5.32 Å². The van der Waals surface area contributed by atoms with Crippen LogP contribution >= 0.6 is 11.8 Å². The summed E-state index contributed by atoms with van der Waals surface area (Å²) in [6.45, 7) is 3.93. The minimum Gasteiger partial charge on any atom is -0.346 e. The normalized spacial score (nSPS) is 12.2. The number of carbonyl (C=O) groups is 1. The van der Waals surface area contributed by atoms with Gasteiger partial charge in [0.25, 0.3) is 0 Å². The van der Waals surface area contributed by atoms with Crippen LogP contribution in [-0.4, -0.2) is 41.0 Å². The molecule has 0 aliphatic carbocycles. The van der Waals surface area contributed by atoms with E-state index < -0.39 is 0 Å². The Balaban J connectivity index is 1.40. The molecular weight excluding hydrogens is 374 g/mol. The molecule has 3 heterocycles. The summed E-state index contributed by atoms with van der Waals surface area (Å²) in [4.78, 5) is 12.4. The zero-order valence-corrected chi connectivity index (χ0v) is 16.3. The Hall–Kier alpha value is -3.20. The van der Waals surface area contributed by atoms with Crippen LogP contribution in [0.2, 0.25) is 0 Å². The molecule has 142 valence electrons. The summed E-state index contributed by atoms with van der Waals surface area (Å²) >= 11 is 1.34. The lowest BCUT2D eigenvalue weighted by Gasteiger charge is -2.12. The number of nitrogens with one attached hydrogen (secondary N) is 1.